The number of hydrogen-bond donors (Lipinski definition) is 1. The van der Waals surface area contributed by atoms with Crippen LogP contribution in [0.15, 0.2) is 79.4 Å². The predicted octanol–water partition coefficient (Wildman–Crippen LogP) is 4.56. The molecule has 0 atom stereocenters. The smallest absolute Gasteiger partial charge is 0.325 e. The van der Waals surface area contributed by atoms with E-state index in [2.05, 4.69) is 11.9 Å². The average Bonchev–Trinajstić information content (AvgIpc) is 2.69. The highest BCUT2D eigenvalue weighted by Crippen LogP contribution is 2.28. The van der Waals surface area contributed by atoms with E-state index in [1.165, 1.54) is 0 Å². The Morgan fingerprint density at radius 2 is 1.88 bits per heavy atom. The highest BCUT2D eigenvalue weighted by Gasteiger charge is 2.05. The molecule has 3 aromatic rings. The van der Waals surface area contributed by atoms with Gasteiger partial charge in [0.2, 0.25) is 0 Å². The molecule has 0 saturated heterocycles. The zero-order valence-electron chi connectivity index (χ0n) is 14.5. The van der Waals surface area contributed by atoms with Crippen LogP contribution in [0, 0.1) is 0 Å². The van der Waals surface area contributed by atoms with Gasteiger partial charge in [0.15, 0.2) is 0 Å². The molecule has 0 amide bonds. The molecule has 0 radical (unpaired) electrons. The standard InChI is InChI=1S/C22H21NO3/c1-2-13-25-22(24)15-23-19-11-12-20-18(14-19)9-6-10-21(20)26-16-17-7-4-3-5-8-17/h2-12,14,23H,1,13,15-16H2. The summed E-state index contributed by atoms with van der Waals surface area (Å²) in [6.07, 6.45) is 1.55. The Kier molecular flexibility index (Phi) is 5.88. The third kappa shape index (κ3) is 4.63. The van der Waals surface area contributed by atoms with Crippen LogP contribution < -0.4 is 10.1 Å². The van der Waals surface area contributed by atoms with Gasteiger partial charge >= 0.3 is 5.97 Å². The molecule has 1 N–H and O–H groups in total. The van der Waals surface area contributed by atoms with Gasteiger partial charge in [-0.2, -0.15) is 0 Å². The number of esters is 1. The van der Waals surface area contributed by atoms with Gasteiger partial charge in [-0.05, 0) is 35.2 Å². The number of ether oxygens (including phenoxy) is 2. The molecule has 4 heteroatoms. The second-order valence-electron chi connectivity index (χ2n) is 5.79. The second kappa shape index (κ2) is 8.72. The van der Waals surface area contributed by atoms with Gasteiger partial charge in [-0.3, -0.25) is 4.79 Å². The topological polar surface area (TPSA) is 47.6 Å². The summed E-state index contributed by atoms with van der Waals surface area (Å²) in [6.45, 7) is 4.38. The summed E-state index contributed by atoms with van der Waals surface area (Å²) < 4.78 is 10.9. The van der Waals surface area contributed by atoms with Crippen molar-refractivity contribution in [2.75, 3.05) is 18.5 Å². The minimum Gasteiger partial charge on any atom is -0.488 e. The summed E-state index contributed by atoms with van der Waals surface area (Å²) in [5.41, 5.74) is 1.98. The van der Waals surface area contributed by atoms with Gasteiger partial charge in [0.25, 0.3) is 0 Å². The van der Waals surface area contributed by atoms with Crippen molar-refractivity contribution in [2.24, 2.45) is 0 Å². The number of hydrogen-bond acceptors (Lipinski definition) is 4. The Balaban J connectivity index is 1.68. The van der Waals surface area contributed by atoms with Crippen LogP contribution in [-0.4, -0.2) is 19.1 Å². The molecule has 0 saturated carbocycles. The minimum absolute atomic E-state index is 0.115. The highest BCUT2D eigenvalue weighted by molar-refractivity contribution is 5.91. The second-order valence-corrected chi connectivity index (χ2v) is 5.79. The van der Waals surface area contributed by atoms with Gasteiger partial charge in [0, 0.05) is 11.1 Å². The fourth-order valence-electron chi connectivity index (χ4n) is 2.60. The fourth-order valence-corrected chi connectivity index (χ4v) is 2.60. The normalized spacial score (nSPS) is 10.3. The van der Waals surface area contributed by atoms with E-state index in [0.29, 0.717) is 6.61 Å². The van der Waals surface area contributed by atoms with Gasteiger partial charge in [-0.15, -0.1) is 0 Å². The van der Waals surface area contributed by atoms with Crippen LogP contribution in [-0.2, 0) is 16.1 Å². The van der Waals surface area contributed by atoms with Gasteiger partial charge in [-0.1, -0.05) is 55.1 Å². The molecule has 0 aromatic heterocycles. The largest absolute Gasteiger partial charge is 0.488 e. The molecule has 0 bridgehead atoms. The highest BCUT2D eigenvalue weighted by atomic mass is 16.5. The minimum atomic E-state index is -0.315. The Labute approximate surface area is 153 Å². The number of nitrogens with one attached hydrogen (secondary N) is 1. The molecule has 0 aliphatic rings. The summed E-state index contributed by atoms with van der Waals surface area (Å²) in [5.74, 6) is 0.522. The summed E-state index contributed by atoms with van der Waals surface area (Å²) in [4.78, 5) is 11.6. The van der Waals surface area contributed by atoms with Crippen molar-refractivity contribution in [3.8, 4) is 5.75 Å². The van der Waals surface area contributed by atoms with Crippen molar-refractivity contribution in [1.82, 2.24) is 0 Å². The van der Waals surface area contributed by atoms with E-state index >= 15 is 0 Å². The van der Waals surface area contributed by atoms with Crippen molar-refractivity contribution >= 4 is 22.4 Å². The van der Waals surface area contributed by atoms with E-state index < -0.39 is 0 Å². The summed E-state index contributed by atoms with van der Waals surface area (Å²) >= 11 is 0. The van der Waals surface area contributed by atoms with E-state index in [0.717, 1.165) is 27.8 Å². The molecule has 0 heterocycles. The van der Waals surface area contributed by atoms with Crippen LogP contribution in [0.25, 0.3) is 10.8 Å². The number of anilines is 1. The van der Waals surface area contributed by atoms with Crippen LogP contribution in [0.1, 0.15) is 5.56 Å². The Morgan fingerprint density at radius 3 is 2.69 bits per heavy atom. The summed E-state index contributed by atoms with van der Waals surface area (Å²) in [6, 6.07) is 21.9. The molecule has 3 rings (SSSR count). The predicted molar refractivity (Wildman–Crippen MR) is 104 cm³/mol. The monoisotopic (exact) mass is 347 g/mol. The molecule has 0 fully saturated rings. The van der Waals surface area contributed by atoms with Crippen LogP contribution in [0.2, 0.25) is 0 Å². The first-order chi connectivity index (χ1) is 12.8. The molecule has 3 aromatic carbocycles. The zero-order valence-corrected chi connectivity index (χ0v) is 14.5. The van der Waals surface area contributed by atoms with E-state index in [4.69, 9.17) is 9.47 Å². The van der Waals surface area contributed by atoms with Gasteiger partial charge in [0.05, 0.1) is 0 Å². The van der Waals surface area contributed by atoms with Crippen molar-refractivity contribution in [3.63, 3.8) is 0 Å². The van der Waals surface area contributed by atoms with Gasteiger partial charge in [-0.25, -0.2) is 0 Å². The number of fused-ring (bicyclic) bond motifs is 1. The first-order valence-corrected chi connectivity index (χ1v) is 8.46. The molecular formula is C22H21NO3. The molecule has 132 valence electrons. The van der Waals surface area contributed by atoms with Crippen molar-refractivity contribution in [3.05, 3.63) is 84.9 Å². The van der Waals surface area contributed by atoms with E-state index in [1.807, 2.05) is 66.7 Å². The van der Waals surface area contributed by atoms with Gasteiger partial charge in [0.1, 0.15) is 25.5 Å². The number of rotatable bonds is 8. The SMILES string of the molecule is C=CCOC(=O)CNc1ccc2c(OCc3ccccc3)cccc2c1. The Bertz CT molecular complexity index is 890. The summed E-state index contributed by atoms with van der Waals surface area (Å²) in [5, 5.41) is 5.15. The number of carbonyl (C=O) groups is 1. The maximum Gasteiger partial charge on any atom is 0.325 e. The third-order valence-corrected chi connectivity index (χ3v) is 3.88. The number of carbonyl (C=O) groups excluding carboxylic acids is 1. The van der Waals surface area contributed by atoms with Crippen LogP contribution in [0.4, 0.5) is 5.69 Å². The molecule has 26 heavy (non-hydrogen) atoms. The lowest BCUT2D eigenvalue weighted by Crippen LogP contribution is -2.16. The first-order valence-electron chi connectivity index (χ1n) is 8.46. The third-order valence-electron chi connectivity index (χ3n) is 3.88. The van der Waals surface area contributed by atoms with Crippen LogP contribution >= 0.6 is 0 Å². The van der Waals surface area contributed by atoms with E-state index in [9.17, 15) is 4.79 Å². The maximum absolute atomic E-state index is 11.6. The Hall–Kier alpha value is -3.27. The molecule has 0 unspecified atom stereocenters. The molecular weight excluding hydrogens is 326 g/mol. The lowest BCUT2D eigenvalue weighted by Gasteiger charge is -2.11. The Morgan fingerprint density at radius 1 is 1.04 bits per heavy atom. The quantitative estimate of drug-likeness (QED) is 0.479. The number of benzene rings is 3. The molecule has 0 spiro atoms. The first kappa shape index (κ1) is 17.5. The lowest BCUT2D eigenvalue weighted by atomic mass is 10.1. The van der Waals surface area contributed by atoms with E-state index in [1.54, 1.807) is 6.08 Å². The zero-order chi connectivity index (χ0) is 18.2. The van der Waals surface area contributed by atoms with Crippen molar-refractivity contribution < 1.29 is 14.3 Å². The molecule has 4 nitrogen and oxygen atoms in total. The maximum atomic E-state index is 11.6. The van der Waals surface area contributed by atoms with E-state index in [-0.39, 0.29) is 19.1 Å². The lowest BCUT2D eigenvalue weighted by molar-refractivity contribution is -0.140. The average molecular weight is 347 g/mol. The summed E-state index contributed by atoms with van der Waals surface area (Å²) in [7, 11) is 0. The fraction of sp³-hybridized carbons (Fsp3) is 0.136. The van der Waals surface area contributed by atoms with Crippen LogP contribution in [0.5, 0.6) is 5.75 Å². The molecule has 0 aliphatic heterocycles. The van der Waals surface area contributed by atoms with Crippen molar-refractivity contribution in [2.45, 2.75) is 6.61 Å². The van der Waals surface area contributed by atoms with Crippen LogP contribution in [0.3, 0.4) is 0 Å². The van der Waals surface area contributed by atoms with Gasteiger partial charge < -0.3 is 14.8 Å². The van der Waals surface area contributed by atoms with Crippen molar-refractivity contribution in [1.29, 1.82) is 0 Å². The molecule has 0 aliphatic carbocycles.